The zero-order valence-electron chi connectivity index (χ0n) is 16.6. The van der Waals surface area contributed by atoms with E-state index in [0.29, 0.717) is 0 Å². The highest BCUT2D eigenvalue weighted by Gasteiger charge is 2.22. The number of amides is 1. The lowest BCUT2D eigenvalue weighted by molar-refractivity contribution is -0.122. The third-order valence-electron chi connectivity index (χ3n) is 4.41. The quantitative estimate of drug-likeness (QED) is 0.690. The minimum Gasteiger partial charge on any atom is -0.481 e. The van der Waals surface area contributed by atoms with E-state index in [1.165, 1.54) is 18.4 Å². The van der Waals surface area contributed by atoms with Gasteiger partial charge in [0.05, 0.1) is 0 Å². The second-order valence-electron chi connectivity index (χ2n) is 7.80. The van der Waals surface area contributed by atoms with E-state index in [2.05, 4.69) is 51.2 Å². The van der Waals surface area contributed by atoms with E-state index < -0.39 is 6.10 Å². The molecule has 0 aromatic heterocycles. The first-order valence-corrected chi connectivity index (χ1v) is 9.47. The summed E-state index contributed by atoms with van der Waals surface area (Å²) in [5.41, 5.74) is 3.16. The van der Waals surface area contributed by atoms with Crippen molar-refractivity contribution in [2.75, 3.05) is 5.32 Å². The highest BCUT2D eigenvalue weighted by molar-refractivity contribution is 5.94. The Morgan fingerprint density at radius 1 is 1.08 bits per heavy atom. The smallest absolute Gasteiger partial charge is 0.265 e. The van der Waals surface area contributed by atoms with Crippen LogP contribution in [0.1, 0.15) is 58.6 Å². The van der Waals surface area contributed by atoms with Gasteiger partial charge in [-0.1, -0.05) is 64.4 Å². The highest BCUT2D eigenvalue weighted by atomic mass is 16.5. The van der Waals surface area contributed by atoms with Crippen LogP contribution in [0.25, 0.3) is 0 Å². The molecule has 0 aliphatic rings. The predicted octanol–water partition coefficient (Wildman–Crippen LogP) is 5.73. The molecule has 0 heterocycles. The molecule has 1 atom stereocenters. The Kier molecular flexibility index (Phi) is 6.84. The maximum atomic E-state index is 12.5. The van der Waals surface area contributed by atoms with Gasteiger partial charge in [0.1, 0.15) is 5.75 Å². The number of benzene rings is 2. The van der Waals surface area contributed by atoms with E-state index in [1.807, 2.05) is 30.3 Å². The van der Waals surface area contributed by atoms with E-state index in [0.717, 1.165) is 23.4 Å². The monoisotopic (exact) mass is 353 g/mol. The van der Waals surface area contributed by atoms with Gasteiger partial charge in [0.2, 0.25) is 0 Å². The van der Waals surface area contributed by atoms with E-state index >= 15 is 0 Å². The number of rotatable bonds is 7. The lowest BCUT2D eigenvalue weighted by Gasteiger charge is -2.24. The molecule has 0 saturated carbocycles. The first-order chi connectivity index (χ1) is 12.3. The fourth-order valence-electron chi connectivity index (χ4n) is 2.81. The average Bonchev–Trinajstić information content (AvgIpc) is 2.60. The molecular weight excluding hydrogens is 322 g/mol. The van der Waals surface area contributed by atoms with Crippen LogP contribution in [0.15, 0.2) is 48.5 Å². The van der Waals surface area contributed by atoms with E-state index in [9.17, 15) is 4.79 Å². The van der Waals surface area contributed by atoms with Gasteiger partial charge in [-0.2, -0.15) is 0 Å². The van der Waals surface area contributed by atoms with E-state index in [-0.39, 0.29) is 11.3 Å². The number of hydrogen-bond acceptors (Lipinski definition) is 2. The highest BCUT2D eigenvalue weighted by Crippen LogP contribution is 2.31. The normalized spacial score (nSPS) is 12.5. The summed E-state index contributed by atoms with van der Waals surface area (Å²) in [5, 5.41) is 2.94. The zero-order valence-corrected chi connectivity index (χ0v) is 16.6. The van der Waals surface area contributed by atoms with Gasteiger partial charge in [0, 0.05) is 5.69 Å². The third kappa shape index (κ3) is 5.62. The van der Waals surface area contributed by atoms with Gasteiger partial charge in [0.15, 0.2) is 6.10 Å². The summed E-state index contributed by atoms with van der Waals surface area (Å²) in [7, 11) is 0. The van der Waals surface area contributed by atoms with Crippen molar-refractivity contribution in [3.63, 3.8) is 0 Å². The van der Waals surface area contributed by atoms with Crippen LogP contribution in [0.4, 0.5) is 5.69 Å². The lowest BCUT2D eigenvalue weighted by atomic mass is 9.86. The van der Waals surface area contributed by atoms with Crippen molar-refractivity contribution in [2.24, 2.45) is 0 Å². The molecule has 1 amide bonds. The number of ether oxygens (including phenoxy) is 1. The Morgan fingerprint density at radius 3 is 2.35 bits per heavy atom. The lowest BCUT2D eigenvalue weighted by Crippen LogP contribution is -2.31. The van der Waals surface area contributed by atoms with Gasteiger partial charge in [-0.25, -0.2) is 0 Å². The van der Waals surface area contributed by atoms with Gasteiger partial charge in [0.25, 0.3) is 5.91 Å². The van der Waals surface area contributed by atoms with Gasteiger partial charge in [-0.05, 0) is 54.5 Å². The number of anilines is 1. The molecule has 26 heavy (non-hydrogen) atoms. The minimum absolute atomic E-state index is 0.0406. The minimum atomic E-state index is -0.571. The molecule has 0 radical (unpaired) electrons. The number of hydrogen-bond donors (Lipinski definition) is 1. The summed E-state index contributed by atoms with van der Waals surface area (Å²) in [6.07, 6.45) is 2.87. The summed E-state index contributed by atoms with van der Waals surface area (Å²) in [4.78, 5) is 12.5. The van der Waals surface area contributed by atoms with Gasteiger partial charge in [-0.15, -0.1) is 0 Å². The number of carbonyl (C=O) groups excluding carboxylic acids is 1. The average molecular weight is 354 g/mol. The van der Waals surface area contributed by atoms with Crippen molar-refractivity contribution < 1.29 is 9.53 Å². The molecule has 2 aromatic carbocycles. The first-order valence-electron chi connectivity index (χ1n) is 9.47. The number of nitrogens with one attached hydrogen (secondary N) is 1. The Bertz CT molecular complexity index is 714. The molecule has 0 fully saturated rings. The number of carbonyl (C=O) groups is 1. The predicted molar refractivity (Wildman–Crippen MR) is 109 cm³/mol. The number of aryl methyl sites for hydroxylation is 1. The molecule has 2 aromatic rings. The van der Waals surface area contributed by atoms with Crippen LogP contribution in [0.3, 0.4) is 0 Å². The summed E-state index contributed by atoms with van der Waals surface area (Å²) < 4.78 is 5.97. The first kappa shape index (κ1) is 20.0. The molecule has 0 aliphatic carbocycles. The van der Waals surface area contributed by atoms with Crippen molar-refractivity contribution in [1.29, 1.82) is 0 Å². The topological polar surface area (TPSA) is 38.3 Å². The van der Waals surface area contributed by atoms with Crippen molar-refractivity contribution in [3.8, 4) is 5.75 Å². The molecule has 2 rings (SSSR count). The van der Waals surface area contributed by atoms with Crippen molar-refractivity contribution in [3.05, 3.63) is 59.7 Å². The largest absolute Gasteiger partial charge is 0.481 e. The summed E-state index contributed by atoms with van der Waals surface area (Å²) in [6, 6.07) is 16.0. The fourth-order valence-corrected chi connectivity index (χ4v) is 2.81. The molecule has 3 nitrogen and oxygen atoms in total. The van der Waals surface area contributed by atoms with Crippen LogP contribution in [-0.4, -0.2) is 12.0 Å². The maximum absolute atomic E-state index is 12.5. The summed E-state index contributed by atoms with van der Waals surface area (Å²) in [6.45, 7) is 10.4. The zero-order chi connectivity index (χ0) is 19.2. The van der Waals surface area contributed by atoms with Crippen LogP contribution in [0, 0.1) is 0 Å². The van der Waals surface area contributed by atoms with E-state index in [4.69, 9.17) is 4.74 Å². The molecular formula is C23H31NO2. The number of para-hydroxylation sites is 1. The van der Waals surface area contributed by atoms with E-state index in [1.54, 1.807) is 6.92 Å². The van der Waals surface area contributed by atoms with Gasteiger partial charge < -0.3 is 10.1 Å². The second kappa shape index (κ2) is 8.88. The molecule has 1 unspecified atom stereocenters. The number of unbranched alkanes of at least 4 members (excludes halogenated alkanes) is 1. The molecule has 0 saturated heterocycles. The molecule has 0 aliphatic heterocycles. The van der Waals surface area contributed by atoms with Crippen LogP contribution in [0.2, 0.25) is 0 Å². The molecule has 3 heteroatoms. The van der Waals surface area contributed by atoms with Gasteiger partial charge in [-0.3, -0.25) is 4.79 Å². The third-order valence-corrected chi connectivity index (χ3v) is 4.41. The van der Waals surface area contributed by atoms with Crippen molar-refractivity contribution in [2.45, 2.75) is 65.4 Å². The molecule has 140 valence electrons. The van der Waals surface area contributed by atoms with Crippen molar-refractivity contribution >= 4 is 11.6 Å². The Balaban J connectivity index is 2.00. The Hall–Kier alpha value is -2.29. The van der Waals surface area contributed by atoms with Gasteiger partial charge >= 0.3 is 0 Å². The van der Waals surface area contributed by atoms with Crippen LogP contribution < -0.4 is 10.1 Å². The van der Waals surface area contributed by atoms with Crippen molar-refractivity contribution in [1.82, 2.24) is 0 Å². The van der Waals surface area contributed by atoms with Crippen LogP contribution >= 0.6 is 0 Å². The van der Waals surface area contributed by atoms with Crippen LogP contribution in [0.5, 0.6) is 5.75 Å². The summed E-state index contributed by atoms with van der Waals surface area (Å²) in [5.74, 6) is 0.618. The fraction of sp³-hybridized carbons (Fsp3) is 0.435. The standard InChI is InChI=1S/C23H31NO2/c1-6-7-10-18-13-15-19(16-14-18)24-22(25)17(2)26-21-12-9-8-11-20(21)23(3,4)5/h8-9,11-17H,6-7,10H2,1-5H3,(H,24,25). The maximum Gasteiger partial charge on any atom is 0.265 e. The second-order valence-corrected chi connectivity index (χ2v) is 7.80. The Morgan fingerprint density at radius 2 is 1.73 bits per heavy atom. The molecule has 1 N–H and O–H groups in total. The molecule has 0 spiro atoms. The Labute approximate surface area is 157 Å². The summed E-state index contributed by atoms with van der Waals surface area (Å²) >= 11 is 0. The SMILES string of the molecule is CCCCc1ccc(NC(=O)C(C)Oc2ccccc2C(C)(C)C)cc1. The van der Waals surface area contributed by atoms with Crippen LogP contribution in [-0.2, 0) is 16.6 Å². The molecule has 0 bridgehead atoms.